The molecule has 1 rings (SSSR count). The molecule has 1 unspecified atom stereocenters. The van der Waals surface area contributed by atoms with Crippen molar-refractivity contribution in [1.82, 2.24) is 21.1 Å². The average molecular weight is 510 g/mol. The van der Waals surface area contributed by atoms with Crippen molar-refractivity contribution in [2.75, 3.05) is 32.8 Å². The molecule has 0 aliphatic carbocycles. The Kier molecular flexibility index (Phi) is 13.7. The maximum Gasteiger partial charge on any atom is 0.236 e. The van der Waals surface area contributed by atoms with Crippen LogP contribution in [0.5, 0.6) is 0 Å². The van der Waals surface area contributed by atoms with E-state index >= 15 is 0 Å². The van der Waals surface area contributed by atoms with Crippen molar-refractivity contribution in [3.8, 4) is 0 Å². The first-order valence-corrected chi connectivity index (χ1v) is 8.29. The summed E-state index contributed by atoms with van der Waals surface area (Å²) in [5, 5.41) is 1.91. The van der Waals surface area contributed by atoms with Gasteiger partial charge in [0.05, 0.1) is 19.6 Å². The number of carbonyl (C=O) groups is 4. The summed E-state index contributed by atoms with van der Waals surface area (Å²) < 4.78 is 5.23. The van der Waals surface area contributed by atoms with Crippen LogP contribution in [0.2, 0.25) is 0 Å². The van der Waals surface area contributed by atoms with Gasteiger partial charge in [-0.2, -0.15) is 0 Å². The number of carbonyl (C=O) groups excluding carboxylic acids is 4. The summed E-state index contributed by atoms with van der Waals surface area (Å²) in [6.45, 7) is 3.37. The van der Waals surface area contributed by atoms with Crippen LogP contribution in [0.3, 0.4) is 0 Å². The van der Waals surface area contributed by atoms with E-state index < -0.39 is 11.2 Å². The second-order valence-corrected chi connectivity index (χ2v) is 5.69. The van der Waals surface area contributed by atoms with E-state index in [2.05, 4.69) is 16.2 Å². The summed E-state index contributed by atoms with van der Waals surface area (Å²) in [5.41, 5.74) is 5.18. The number of rotatable bonds is 11. The summed E-state index contributed by atoms with van der Waals surface area (Å²) in [5.74, 6) is -1.17. The number of nitrogens with one attached hydrogen (secondary N) is 3. The first-order chi connectivity index (χ1) is 11.5. The molecule has 11 heteroatoms. The van der Waals surface area contributed by atoms with Gasteiger partial charge >= 0.3 is 0 Å². The SMILES string of the molecule is CCNNC(=O)CCOCCNC(=O)CCN1C(=O)CC([S-])C1=O.[Sm]. The van der Waals surface area contributed by atoms with Crippen LogP contribution < -0.4 is 16.2 Å². The van der Waals surface area contributed by atoms with Gasteiger partial charge in [-0.05, 0) is 0 Å². The number of nitrogens with zero attached hydrogens (tertiary/aromatic N) is 1. The van der Waals surface area contributed by atoms with Crippen molar-refractivity contribution in [3.05, 3.63) is 0 Å². The van der Waals surface area contributed by atoms with Crippen molar-refractivity contribution in [3.63, 3.8) is 0 Å². The Morgan fingerprint density at radius 1 is 1.24 bits per heavy atom. The minimum absolute atomic E-state index is 0. The predicted molar refractivity (Wildman–Crippen MR) is 87.4 cm³/mol. The fourth-order valence-corrected chi connectivity index (χ4v) is 2.24. The number of hydrogen-bond acceptors (Lipinski definition) is 7. The van der Waals surface area contributed by atoms with Gasteiger partial charge in [0.15, 0.2) is 0 Å². The molecule has 0 aromatic heterocycles. The third-order valence-corrected chi connectivity index (χ3v) is 3.58. The standard InChI is InChI=1S/C14H24N4O5S.Sm/c1-2-16-17-12(20)4-7-23-8-5-15-11(19)3-6-18-13(21)9-10(24)14(18)22;/h10,16,24H,2-9H2,1H3,(H,15,19)(H,17,20);/p-1. The molecule has 142 valence electrons. The molecule has 1 saturated heterocycles. The van der Waals surface area contributed by atoms with Gasteiger partial charge in [0, 0.05) is 72.9 Å². The molecule has 3 N–H and O–H groups in total. The molecular formula is C14H23N4O5SSm-. The largest absolute Gasteiger partial charge is 0.779 e. The van der Waals surface area contributed by atoms with Gasteiger partial charge in [-0.3, -0.25) is 29.5 Å². The number of ether oxygens (including phenoxy) is 1. The summed E-state index contributed by atoms with van der Waals surface area (Å²) >= 11 is 4.85. The third-order valence-electron chi connectivity index (χ3n) is 3.21. The van der Waals surface area contributed by atoms with Crippen LogP contribution in [0.1, 0.15) is 26.2 Å². The molecule has 25 heavy (non-hydrogen) atoms. The minimum atomic E-state index is -0.710. The Bertz CT molecular complexity index is 480. The van der Waals surface area contributed by atoms with Gasteiger partial charge in [0.2, 0.25) is 23.6 Å². The van der Waals surface area contributed by atoms with Crippen LogP contribution in [-0.2, 0) is 36.5 Å². The van der Waals surface area contributed by atoms with Crippen molar-refractivity contribution >= 4 is 36.3 Å². The van der Waals surface area contributed by atoms with E-state index in [9.17, 15) is 19.2 Å². The van der Waals surface area contributed by atoms with E-state index in [1.54, 1.807) is 0 Å². The maximum atomic E-state index is 11.6. The zero-order chi connectivity index (χ0) is 17.9. The summed E-state index contributed by atoms with van der Waals surface area (Å²) in [6, 6.07) is 0. The number of hydrogen-bond donors (Lipinski definition) is 3. The zero-order valence-corrected chi connectivity index (χ0v) is 17.5. The van der Waals surface area contributed by atoms with E-state index in [1.165, 1.54) is 0 Å². The van der Waals surface area contributed by atoms with Crippen molar-refractivity contribution in [2.24, 2.45) is 0 Å². The second kappa shape index (κ2) is 13.8. The molecule has 1 aliphatic heterocycles. The van der Waals surface area contributed by atoms with Crippen LogP contribution in [-0.4, -0.2) is 66.6 Å². The molecule has 0 aromatic carbocycles. The van der Waals surface area contributed by atoms with Gasteiger partial charge in [0.25, 0.3) is 0 Å². The molecule has 1 fully saturated rings. The molecule has 9 nitrogen and oxygen atoms in total. The van der Waals surface area contributed by atoms with E-state index in [0.29, 0.717) is 13.1 Å². The van der Waals surface area contributed by atoms with Crippen molar-refractivity contribution in [1.29, 1.82) is 0 Å². The van der Waals surface area contributed by atoms with Crippen molar-refractivity contribution in [2.45, 2.75) is 31.4 Å². The van der Waals surface area contributed by atoms with Crippen LogP contribution in [0.25, 0.3) is 0 Å². The second-order valence-electron chi connectivity index (χ2n) is 5.12. The maximum absolute atomic E-state index is 11.6. The van der Waals surface area contributed by atoms with Gasteiger partial charge in [-0.1, -0.05) is 12.2 Å². The van der Waals surface area contributed by atoms with E-state index in [4.69, 9.17) is 17.4 Å². The number of amides is 4. The quantitative estimate of drug-likeness (QED) is 0.130. The van der Waals surface area contributed by atoms with E-state index in [-0.39, 0.29) is 97.1 Å². The third kappa shape index (κ3) is 9.82. The van der Waals surface area contributed by atoms with Crippen LogP contribution in [0, 0.1) is 40.4 Å². The molecule has 4 amide bonds. The minimum Gasteiger partial charge on any atom is -0.779 e. The number of likely N-dealkylation sites (tertiary alicyclic amines) is 1. The number of hydrazine groups is 1. The summed E-state index contributed by atoms with van der Waals surface area (Å²) in [7, 11) is 0. The van der Waals surface area contributed by atoms with Crippen LogP contribution in [0.4, 0.5) is 0 Å². The van der Waals surface area contributed by atoms with Crippen LogP contribution in [0.15, 0.2) is 0 Å². The molecule has 0 radical (unpaired) electrons. The molecule has 1 aliphatic rings. The molecule has 1 heterocycles. The summed E-state index contributed by atoms with van der Waals surface area (Å²) in [6.07, 6.45) is 0.290. The molecule has 0 aromatic rings. The average Bonchev–Trinajstić information content (AvgIpc) is 2.79. The molecule has 0 spiro atoms. The van der Waals surface area contributed by atoms with Gasteiger partial charge in [0.1, 0.15) is 0 Å². The smallest absolute Gasteiger partial charge is 0.236 e. The normalized spacial score (nSPS) is 16.6. The fourth-order valence-electron chi connectivity index (χ4n) is 1.97. The van der Waals surface area contributed by atoms with Gasteiger partial charge < -0.3 is 22.7 Å². The van der Waals surface area contributed by atoms with E-state index in [1.807, 2.05) is 6.92 Å². The van der Waals surface area contributed by atoms with Gasteiger partial charge in [-0.15, -0.1) is 0 Å². The first-order valence-electron chi connectivity index (χ1n) is 7.81. The Balaban J connectivity index is 0.00000576. The Hall–Kier alpha value is -0.312. The monoisotopic (exact) mass is 511 g/mol. The first kappa shape index (κ1) is 24.7. The molecule has 0 bridgehead atoms. The van der Waals surface area contributed by atoms with Gasteiger partial charge in [-0.25, -0.2) is 5.43 Å². The zero-order valence-electron chi connectivity index (χ0n) is 14.0. The predicted octanol–water partition coefficient (Wildman–Crippen LogP) is -1.79. The summed E-state index contributed by atoms with van der Waals surface area (Å²) in [4.78, 5) is 47.0. The fraction of sp³-hybridized carbons (Fsp3) is 0.714. The molecule has 0 saturated carbocycles. The Labute approximate surface area is 184 Å². The van der Waals surface area contributed by atoms with E-state index in [0.717, 1.165) is 4.90 Å². The Morgan fingerprint density at radius 2 is 1.96 bits per heavy atom. The molecular weight excluding hydrogens is 487 g/mol. The topological polar surface area (TPSA) is 117 Å². The van der Waals surface area contributed by atoms with Crippen LogP contribution >= 0.6 is 0 Å². The Morgan fingerprint density at radius 3 is 2.56 bits per heavy atom. The number of imide groups is 1. The molecule has 1 atom stereocenters. The van der Waals surface area contributed by atoms with Crippen molar-refractivity contribution < 1.29 is 64.3 Å².